The minimum Gasteiger partial charge on any atom is -0.314 e. The molecule has 1 heterocycles. The number of rotatable bonds is 6. The van der Waals surface area contributed by atoms with Gasteiger partial charge in [0.15, 0.2) is 0 Å². The summed E-state index contributed by atoms with van der Waals surface area (Å²) in [5.74, 6) is 0. The van der Waals surface area contributed by atoms with E-state index in [0.29, 0.717) is 5.54 Å². The predicted molar refractivity (Wildman–Crippen MR) is 73.8 cm³/mol. The maximum absolute atomic E-state index is 11.5. The van der Waals surface area contributed by atoms with Crippen LogP contribution in [0.4, 0.5) is 0 Å². The molecule has 4 heteroatoms. The Hall–Kier alpha value is -1.13. The third kappa shape index (κ3) is 2.82. The monoisotopic (exact) mass is 249 g/mol. The van der Waals surface area contributed by atoms with Gasteiger partial charge in [-0.2, -0.15) is 0 Å². The third-order valence-corrected chi connectivity index (χ3v) is 4.12. The van der Waals surface area contributed by atoms with E-state index in [1.807, 2.05) is 12.3 Å². The molecule has 0 spiro atoms. The molecule has 1 saturated carbocycles. The van der Waals surface area contributed by atoms with Crippen molar-refractivity contribution in [3.8, 4) is 0 Å². The molecule has 0 aliphatic heterocycles. The van der Waals surface area contributed by atoms with Crippen LogP contribution in [0.5, 0.6) is 0 Å². The van der Waals surface area contributed by atoms with Gasteiger partial charge in [0, 0.05) is 37.4 Å². The van der Waals surface area contributed by atoms with Gasteiger partial charge < -0.3 is 14.8 Å². The van der Waals surface area contributed by atoms with E-state index in [-0.39, 0.29) is 5.56 Å². The van der Waals surface area contributed by atoms with Crippen molar-refractivity contribution in [3.63, 3.8) is 0 Å². The van der Waals surface area contributed by atoms with Gasteiger partial charge in [-0.15, -0.1) is 0 Å². The molecule has 0 amide bonds. The summed E-state index contributed by atoms with van der Waals surface area (Å²) in [5, 5.41) is 3.48. The molecule has 100 valence electrons. The highest BCUT2D eigenvalue weighted by Crippen LogP contribution is 2.35. The van der Waals surface area contributed by atoms with Crippen molar-refractivity contribution in [3.05, 3.63) is 34.7 Å². The summed E-state index contributed by atoms with van der Waals surface area (Å²) >= 11 is 0. The first kappa shape index (κ1) is 13.3. The maximum Gasteiger partial charge on any atom is 0.250 e. The van der Waals surface area contributed by atoms with Crippen LogP contribution >= 0.6 is 0 Å². The molecular weight excluding hydrogens is 226 g/mol. The first-order valence-corrected chi connectivity index (χ1v) is 6.68. The number of hydrogen-bond acceptors (Lipinski definition) is 3. The van der Waals surface area contributed by atoms with Gasteiger partial charge in [-0.05, 0) is 39.4 Å². The Bertz CT molecular complexity index is 435. The number of nitrogens with zero attached hydrogens (tertiary/aromatic N) is 2. The second kappa shape index (κ2) is 5.67. The fourth-order valence-electron chi connectivity index (χ4n) is 2.53. The molecule has 1 aliphatic rings. The van der Waals surface area contributed by atoms with Crippen LogP contribution in [0.1, 0.15) is 19.3 Å². The standard InChI is InChI=1S/C14H23N3O/c1-16(2)14(7-5-8-14)12-15-9-11-17-10-4-3-6-13(17)18/h3-4,6,10,15H,5,7-9,11-12H2,1-2H3. The molecule has 18 heavy (non-hydrogen) atoms. The van der Waals surface area contributed by atoms with E-state index in [4.69, 9.17) is 0 Å². The summed E-state index contributed by atoms with van der Waals surface area (Å²) in [7, 11) is 4.31. The topological polar surface area (TPSA) is 37.3 Å². The summed E-state index contributed by atoms with van der Waals surface area (Å²) in [5.41, 5.74) is 0.423. The van der Waals surface area contributed by atoms with Crippen molar-refractivity contribution in [1.29, 1.82) is 0 Å². The van der Waals surface area contributed by atoms with Gasteiger partial charge >= 0.3 is 0 Å². The highest BCUT2D eigenvalue weighted by molar-refractivity contribution is 4.97. The Labute approximate surface area is 109 Å². The van der Waals surface area contributed by atoms with Crippen molar-refractivity contribution in [2.24, 2.45) is 0 Å². The van der Waals surface area contributed by atoms with Crippen LogP contribution in [-0.2, 0) is 6.54 Å². The van der Waals surface area contributed by atoms with Crippen molar-refractivity contribution >= 4 is 0 Å². The van der Waals surface area contributed by atoms with Crippen molar-refractivity contribution < 1.29 is 0 Å². The molecule has 1 fully saturated rings. The van der Waals surface area contributed by atoms with Gasteiger partial charge in [-0.3, -0.25) is 4.79 Å². The fraction of sp³-hybridized carbons (Fsp3) is 0.643. The molecule has 0 aromatic carbocycles. The number of pyridine rings is 1. The molecule has 0 radical (unpaired) electrons. The molecule has 1 N–H and O–H groups in total. The van der Waals surface area contributed by atoms with Gasteiger partial charge in [0.25, 0.3) is 5.56 Å². The molecule has 0 atom stereocenters. The first-order valence-electron chi connectivity index (χ1n) is 6.68. The number of aromatic nitrogens is 1. The van der Waals surface area contributed by atoms with Crippen LogP contribution in [0.3, 0.4) is 0 Å². The van der Waals surface area contributed by atoms with Gasteiger partial charge in [0.05, 0.1) is 0 Å². The smallest absolute Gasteiger partial charge is 0.250 e. The third-order valence-electron chi connectivity index (χ3n) is 4.12. The zero-order valence-corrected chi connectivity index (χ0v) is 11.4. The van der Waals surface area contributed by atoms with Gasteiger partial charge in [0.2, 0.25) is 0 Å². The maximum atomic E-state index is 11.5. The lowest BCUT2D eigenvalue weighted by molar-refractivity contribution is 0.0601. The predicted octanol–water partition coefficient (Wildman–Crippen LogP) is 0.922. The minimum absolute atomic E-state index is 0.0743. The second-order valence-electron chi connectivity index (χ2n) is 5.38. The summed E-state index contributed by atoms with van der Waals surface area (Å²) in [6, 6.07) is 5.28. The fourth-order valence-corrected chi connectivity index (χ4v) is 2.53. The van der Waals surface area contributed by atoms with E-state index >= 15 is 0 Å². The number of hydrogen-bond donors (Lipinski definition) is 1. The molecule has 4 nitrogen and oxygen atoms in total. The van der Waals surface area contributed by atoms with Crippen LogP contribution in [0.25, 0.3) is 0 Å². The van der Waals surface area contributed by atoms with Crippen LogP contribution in [0, 0.1) is 0 Å². The molecule has 1 aromatic heterocycles. The van der Waals surface area contributed by atoms with Crippen LogP contribution < -0.4 is 10.9 Å². The van der Waals surface area contributed by atoms with Gasteiger partial charge in [0.1, 0.15) is 0 Å². The lowest BCUT2D eigenvalue weighted by atomic mass is 9.75. The molecule has 0 saturated heterocycles. The highest BCUT2D eigenvalue weighted by atomic mass is 16.1. The minimum atomic E-state index is 0.0743. The largest absolute Gasteiger partial charge is 0.314 e. The SMILES string of the molecule is CN(C)C1(CNCCn2ccccc2=O)CCC1. The quantitative estimate of drug-likeness (QED) is 0.762. The summed E-state index contributed by atoms with van der Waals surface area (Å²) < 4.78 is 1.75. The molecular formula is C14H23N3O. The first-order chi connectivity index (χ1) is 8.64. The van der Waals surface area contributed by atoms with E-state index in [2.05, 4.69) is 24.3 Å². The van der Waals surface area contributed by atoms with Crippen molar-refractivity contribution in [1.82, 2.24) is 14.8 Å². The average molecular weight is 249 g/mol. The summed E-state index contributed by atoms with van der Waals surface area (Å²) in [6.07, 6.45) is 5.73. The average Bonchev–Trinajstić information content (AvgIpc) is 2.28. The normalized spacial score (nSPS) is 17.7. The van der Waals surface area contributed by atoms with E-state index in [0.717, 1.165) is 19.6 Å². The van der Waals surface area contributed by atoms with E-state index in [9.17, 15) is 4.79 Å². The molecule has 0 bridgehead atoms. The lowest BCUT2D eigenvalue weighted by Gasteiger charge is -2.47. The zero-order valence-electron chi connectivity index (χ0n) is 11.4. The van der Waals surface area contributed by atoms with Gasteiger partial charge in [-0.25, -0.2) is 0 Å². The van der Waals surface area contributed by atoms with Gasteiger partial charge in [-0.1, -0.05) is 6.07 Å². The molecule has 1 aromatic rings. The number of likely N-dealkylation sites (N-methyl/N-ethyl adjacent to an activating group) is 1. The Morgan fingerprint density at radius 2 is 2.17 bits per heavy atom. The highest BCUT2D eigenvalue weighted by Gasteiger charge is 2.38. The zero-order chi connectivity index (χ0) is 13.0. The molecule has 0 unspecified atom stereocenters. The molecule has 1 aliphatic carbocycles. The van der Waals surface area contributed by atoms with E-state index in [1.54, 1.807) is 16.7 Å². The van der Waals surface area contributed by atoms with Crippen LogP contribution in [-0.4, -0.2) is 42.2 Å². The Balaban J connectivity index is 1.76. The number of nitrogens with one attached hydrogen (secondary N) is 1. The summed E-state index contributed by atoms with van der Waals surface area (Å²) in [6.45, 7) is 2.60. The summed E-state index contributed by atoms with van der Waals surface area (Å²) in [4.78, 5) is 13.8. The van der Waals surface area contributed by atoms with E-state index < -0.39 is 0 Å². The van der Waals surface area contributed by atoms with Crippen LogP contribution in [0.15, 0.2) is 29.2 Å². The second-order valence-corrected chi connectivity index (χ2v) is 5.38. The molecule has 2 rings (SSSR count). The van der Waals surface area contributed by atoms with Crippen molar-refractivity contribution in [2.45, 2.75) is 31.3 Å². The van der Waals surface area contributed by atoms with E-state index in [1.165, 1.54) is 19.3 Å². The van der Waals surface area contributed by atoms with Crippen molar-refractivity contribution in [2.75, 3.05) is 27.2 Å². The Morgan fingerprint density at radius 3 is 2.72 bits per heavy atom. The van der Waals surface area contributed by atoms with Crippen LogP contribution in [0.2, 0.25) is 0 Å². The lowest BCUT2D eigenvalue weighted by Crippen LogP contribution is -2.56. The Kier molecular flexibility index (Phi) is 4.19. The Morgan fingerprint density at radius 1 is 1.39 bits per heavy atom.